The Hall–Kier alpha value is -3.27. The summed E-state index contributed by atoms with van der Waals surface area (Å²) in [5.41, 5.74) is 1.79. The van der Waals surface area contributed by atoms with Crippen molar-refractivity contribution in [3.05, 3.63) is 35.3 Å². The second-order valence-corrected chi connectivity index (χ2v) is 11.0. The Labute approximate surface area is 216 Å². The number of aromatic nitrogens is 2. The molecule has 4 heterocycles. The SMILES string of the molecule is CC(C)c1nocc1C(=O)N[C@H](C(=O)Nc1cc2c(cn1)C1(CCOCC1)C(=O)N2)[C@H]1CC[C@H](C)CC1. The summed E-state index contributed by atoms with van der Waals surface area (Å²) in [4.78, 5) is 44.1. The van der Waals surface area contributed by atoms with Crippen molar-refractivity contribution in [1.29, 1.82) is 0 Å². The highest BCUT2D eigenvalue weighted by atomic mass is 16.5. The Balaban J connectivity index is 1.36. The fourth-order valence-corrected chi connectivity index (χ4v) is 5.86. The van der Waals surface area contributed by atoms with Gasteiger partial charge in [-0.15, -0.1) is 0 Å². The molecule has 5 rings (SSSR count). The Morgan fingerprint density at radius 3 is 2.59 bits per heavy atom. The number of fused-ring (bicyclic) bond motifs is 2. The molecule has 1 atom stereocenters. The first-order valence-electron chi connectivity index (χ1n) is 13.2. The van der Waals surface area contributed by atoms with Gasteiger partial charge in [-0.1, -0.05) is 38.8 Å². The number of carbonyl (C=O) groups excluding carboxylic acids is 3. The molecule has 0 unspecified atom stereocenters. The van der Waals surface area contributed by atoms with Crippen LogP contribution < -0.4 is 16.0 Å². The zero-order chi connectivity index (χ0) is 26.2. The molecule has 2 aromatic heterocycles. The van der Waals surface area contributed by atoms with Crippen LogP contribution in [0.3, 0.4) is 0 Å². The summed E-state index contributed by atoms with van der Waals surface area (Å²) in [6, 6.07) is 0.968. The molecule has 0 radical (unpaired) electrons. The Morgan fingerprint density at radius 1 is 1.16 bits per heavy atom. The Morgan fingerprint density at radius 2 is 1.89 bits per heavy atom. The topological polar surface area (TPSA) is 135 Å². The fourth-order valence-electron chi connectivity index (χ4n) is 5.86. The molecule has 1 aliphatic carbocycles. The van der Waals surface area contributed by atoms with Gasteiger partial charge in [0.1, 0.15) is 23.7 Å². The highest BCUT2D eigenvalue weighted by Gasteiger charge is 2.48. The first-order chi connectivity index (χ1) is 17.8. The molecule has 0 bridgehead atoms. The molecular weight excluding hydrogens is 474 g/mol. The fraction of sp³-hybridized carbons (Fsp3) is 0.593. The summed E-state index contributed by atoms with van der Waals surface area (Å²) in [7, 11) is 0. The summed E-state index contributed by atoms with van der Waals surface area (Å²) in [5.74, 6) is 0.194. The standard InChI is InChI=1S/C27H35N5O5/c1-15(2)22-18(14-37-32-22)24(33)31-23(17-6-4-16(3)5-7-17)25(34)30-21-12-20-19(13-28-21)27(26(35)29-20)8-10-36-11-9-27/h12-17,23H,4-11H2,1-3H3,(H,29,35)(H,31,33)(H,28,30,34)/t16-,17-,23-/m0/s1. The lowest BCUT2D eigenvalue weighted by atomic mass is 9.76. The van der Waals surface area contributed by atoms with Gasteiger partial charge >= 0.3 is 0 Å². The van der Waals surface area contributed by atoms with E-state index in [9.17, 15) is 14.4 Å². The molecule has 2 fully saturated rings. The van der Waals surface area contributed by atoms with Gasteiger partial charge in [0.15, 0.2) is 0 Å². The van der Waals surface area contributed by atoms with Gasteiger partial charge in [-0.05, 0) is 43.4 Å². The van der Waals surface area contributed by atoms with Crippen LogP contribution in [0.4, 0.5) is 11.5 Å². The van der Waals surface area contributed by atoms with Crippen molar-refractivity contribution in [2.45, 2.75) is 76.7 Å². The second kappa shape index (κ2) is 10.2. The molecule has 10 heteroatoms. The maximum Gasteiger partial charge on any atom is 0.257 e. The zero-order valence-corrected chi connectivity index (χ0v) is 21.6. The van der Waals surface area contributed by atoms with Crippen LogP contribution in [0.25, 0.3) is 0 Å². The van der Waals surface area contributed by atoms with Crippen molar-refractivity contribution in [3.8, 4) is 0 Å². The third-order valence-electron chi connectivity index (χ3n) is 8.19. The van der Waals surface area contributed by atoms with Crippen LogP contribution in [0.1, 0.15) is 86.8 Å². The number of nitrogens with zero attached hydrogens (tertiary/aromatic N) is 2. The largest absolute Gasteiger partial charge is 0.381 e. The first-order valence-corrected chi connectivity index (χ1v) is 13.2. The summed E-state index contributed by atoms with van der Waals surface area (Å²) >= 11 is 0. The smallest absolute Gasteiger partial charge is 0.257 e. The van der Waals surface area contributed by atoms with E-state index in [0.717, 1.165) is 31.2 Å². The predicted molar refractivity (Wildman–Crippen MR) is 136 cm³/mol. The normalized spacial score (nSPS) is 23.4. The Bertz CT molecular complexity index is 1180. The molecule has 2 aliphatic heterocycles. The third-order valence-corrected chi connectivity index (χ3v) is 8.19. The summed E-state index contributed by atoms with van der Waals surface area (Å²) < 4.78 is 10.5. The molecule has 10 nitrogen and oxygen atoms in total. The van der Waals surface area contributed by atoms with Gasteiger partial charge in [-0.2, -0.15) is 0 Å². The lowest BCUT2D eigenvalue weighted by Crippen LogP contribution is -2.49. The van der Waals surface area contributed by atoms with Crippen LogP contribution in [0.15, 0.2) is 23.0 Å². The maximum atomic E-state index is 13.6. The van der Waals surface area contributed by atoms with Crippen molar-refractivity contribution >= 4 is 29.2 Å². The van der Waals surface area contributed by atoms with E-state index < -0.39 is 11.5 Å². The molecular formula is C27H35N5O5. The number of rotatable bonds is 6. The average molecular weight is 510 g/mol. The van der Waals surface area contributed by atoms with E-state index in [1.807, 2.05) is 13.8 Å². The predicted octanol–water partition coefficient (Wildman–Crippen LogP) is 3.76. The average Bonchev–Trinajstić information content (AvgIpc) is 3.47. The number of ether oxygens (including phenoxy) is 1. The van der Waals surface area contributed by atoms with Crippen LogP contribution >= 0.6 is 0 Å². The number of pyridine rings is 1. The van der Waals surface area contributed by atoms with Gasteiger partial charge in [-0.25, -0.2) is 4.98 Å². The van der Waals surface area contributed by atoms with E-state index in [2.05, 4.69) is 33.0 Å². The number of hydrogen-bond acceptors (Lipinski definition) is 7. The number of amides is 3. The van der Waals surface area contributed by atoms with Gasteiger partial charge in [-0.3, -0.25) is 14.4 Å². The van der Waals surface area contributed by atoms with Gasteiger partial charge in [0.2, 0.25) is 11.8 Å². The molecule has 3 aliphatic rings. The number of hydrogen-bond donors (Lipinski definition) is 3. The van der Waals surface area contributed by atoms with Gasteiger partial charge in [0.05, 0.1) is 16.8 Å². The van der Waals surface area contributed by atoms with E-state index in [1.54, 1.807) is 12.3 Å². The van der Waals surface area contributed by atoms with E-state index in [4.69, 9.17) is 9.26 Å². The number of anilines is 2. The van der Waals surface area contributed by atoms with Crippen LogP contribution in [-0.2, 0) is 19.7 Å². The second-order valence-electron chi connectivity index (χ2n) is 11.0. The first kappa shape index (κ1) is 25.4. The van der Waals surface area contributed by atoms with Gasteiger partial charge in [0, 0.05) is 31.0 Å². The number of nitrogens with one attached hydrogen (secondary N) is 3. The van der Waals surface area contributed by atoms with Crippen molar-refractivity contribution < 1.29 is 23.6 Å². The molecule has 198 valence electrons. The zero-order valence-electron chi connectivity index (χ0n) is 21.6. The van der Waals surface area contributed by atoms with E-state index >= 15 is 0 Å². The number of carbonyl (C=O) groups is 3. The maximum absolute atomic E-state index is 13.6. The van der Waals surface area contributed by atoms with Gasteiger partial charge in [0.25, 0.3) is 5.91 Å². The quantitative estimate of drug-likeness (QED) is 0.539. The van der Waals surface area contributed by atoms with Crippen molar-refractivity contribution in [2.24, 2.45) is 11.8 Å². The summed E-state index contributed by atoms with van der Waals surface area (Å²) in [6.07, 6.45) is 7.92. The minimum Gasteiger partial charge on any atom is -0.381 e. The van der Waals surface area contributed by atoms with E-state index in [0.29, 0.717) is 54.7 Å². The van der Waals surface area contributed by atoms with Crippen molar-refractivity contribution in [2.75, 3.05) is 23.8 Å². The molecule has 0 aromatic carbocycles. The van der Waals surface area contributed by atoms with Crippen LogP contribution in [0.5, 0.6) is 0 Å². The molecule has 2 aromatic rings. The van der Waals surface area contributed by atoms with Crippen LogP contribution in [0.2, 0.25) is 0 Å². The monoisotopic (exact) mass is 509 g/mol. The molecule has 1 spiro atoms. The van der Waals surface area contributed by atoms with Crippen molar-refractivity contribution in [1.82, 2.24) is 15.5 Å². The lowest BCUT2D eigenvalue weighted by Gasteiger charge is -2.32. The summed E-state index contributed by atoms with van der Waals surface area (Å²) in [6.45, 7) is 7.13. The Kier molecular flexibility index (Phi) is 7.02. The third kappa shape index (κ3) is 4.86. The molecule has 3 N–H and O–H groups in total. The molecule has 37 heavy (non-hydrogen) atoms. The molecule has 3 amide bonds. The lowest BCUT2D eigenvalue weighted by molar-refractivity contribution is -0.124. The van der Waals surface area contributed by atoms with Crippen LogP contribution in [0, 0.1) is 11.8 Å². The molecule has 1 saturated carbocycles. The molecule has 1 saturated heterocycles. The minimum atomic E-state index is -0.735. The minimum absolute atomic E-state index is 0.00199. The summed E-state index contributed by atoms with van der Waals surface area (Å²) in [5, 5.41) is 12.8. The highest BCUT2D eigenvalue weighted by Crippen LogP contribution is 2.44. The van der Waals surface area contributed by atoms with E-state index in [1.165, 1.54) is 6.26 Å². The van der Waals surface area contributed by atoms with E-state index in [-0.39, 0.29) is 29.6 Å². The van der Waals surface area contributed by atoms with Crippen molar-refractivity contribution in [3.63, 3.8) is 0 Å². The van der Waals surface area contributed by atoms with Gasteiger partial charge < -0.3 is 25.2 Å². The van der Waals surface area contributed by atoms with Crippen LogP contribution in [-0.4, -0.2) is 47.1 Å². The highest BCUT2D eigenvalue weighted by molar-refractivity contribution is 6.07.